The van der Waals surface area contributed by atoms with Crippen molar-refractivity contribution in [3.8, 4) is 6.07 Å². The van der Waals surface area contributed by atoms with Gasteiger partial charge in [0.1, 0.15) is 16.7 Å². The third-order valence-electron chi connectivity index (χ3n) is 2.74. The van der Waals surface area contributed by atoms with Crippen LogP contribution in [0, 0.1) is 11.3 Å². The minimum Gasteiger partial charge on any atom is -0.392 e. The normalized spacial score (nSPS) is 12.1. The number of rotatable bonds is 4. The number of benzene rings is 1. The highest BCUT2D eigenvalue weighted by Gasteiger charge is 2.14. The molecule has 2 aromatic rings. The van der Waals surface area contributed by atoms with Gasteiger partial charge in [-0.25, -0.2) is 4.98 Å². The molecular formula is C14H15N3OS. The highest BCUT2D eigenvalue weighted by molar-refractivity contribution is 7.98. The third kappa shape index (κ3) is 2.80. The van der Waals surface area contributed by atoms with Gasteiger partial charge in [-0.15, -0.1) is 11.8 Å². The molecule has 1 atom stereocenters. The minimum atomic E-state index is -0.476. The Morgan fingerprint density at radius 1 is 1.47 bits per heavy atom. The smallest absolute Gasteiger partial charge is 0.116 e. The maximum atomic E-state index is 9.41. The summed E-state index contributed by atoms with van der Waals surface area (Å²) in [4.78, 5) is 4.49. The fourth-order valence-electron chi connectivity index (χ4n) is 1.87. The summed E-state index contributed by atoms with van der Waals surface area (Å²) in [5.41, 5.74) is 2.13. The van der Waals surface area contributed by atoms with Gasteiger partial charge >= 0.3 is 0 Å². The van der Waals surface area contributed by atoms with Crippen molar-refractivity contribution in [2.24, 2.45) is 0 Å². The van der Waals surface area contributed by atoms with Crippen molar-refractivity contribution < 1.29 is 5.11 Å². The molecule has 0 radical (unpaired) electrons. The molecule has 19 heavy (non-hydrogen) atoms. The monoisotopic (exact) mass is 273 g/mol. The van der Waals surface area contributed by atoms with E-state index >= 15 is 0 Å². The third-order valence-corrected chi connectivity index (χ3v) is 3.42. The molecule has 0 aliphatic heterocycles. The quantitative estimate of drug-likeness (QED) is 0.838. The zero-order chi connectivity index (χ0) is 13.8. The van der Waals surface area contributed by atoms with Gasteiger partial charge in [0.2, 0.25) is 0 Å². The Balaban J connectivity index is 2.64. The number of nitriles is 1. The zero-order valence-electron chi connectivity index (χ0n) is 10.8. The van der Waals surface area contributed by atoms with Crippen LogP contribution < -0.4 is 5.32 Å². The fraction of sp³-hybridized carbons (Fsp3) is 0.286. The number of aliphatic hydroxyl groups excluding tert-OH is 1. The molecule has 0 amide bonds. The van der Waals surface area contributed by atoms with Crippen LogP contribution in [0.25, 0.3) is 10.9 Å². The Morgan fingerprint density at radius 2 is 2.21 bits per heavy atom. The first kappa shape index (κ1) is 13.7. The molecule has 2 rings (SSSR count). The summed E-state index contributed by atoms with van der Waals surface area (Å²) in [5, 5.41) is 23.5. The van der Waals surface area contributed by atoms with Gasteiger partial charge in [0, 0.05) is 11.9 Å². The molecule has 1 aromatic carbocycles. The van der Waals surface area contributed by atoms with Gasteiger partial charge in [-0.05, 0) is 19.2 Å². The molecule has 4 nitrogen and oxygen atoms in total. The Morgan fingerprint density at radius 3 is 2.84 bits per heavy atom. The Kier molecular flexibility index (Phi) is 4.25. The molecule has 1 unspecified atom stereocenters. The largest absolute Gasteiger partial charge is 0.392 e. The van der Waals surface area contributed by atoms with Gasteiger partial charge in [-0.2, -0.15) is 5.26 Å². The number of hydrogen-bond donors (Lipinski definition) is 2. The molecule has 0 saturated carbocycles. The van der Waals surface area contributed by atoms with Crippen LogP contribution in [-0.2, 0) is 0 Å². The number of hydrogen-bond acceptors (Lipinski definition) is 5. The molecule has 1 heterocycles. The molecular weight excluding hydrogens is 258 g/mol. The first-order valence-corrected chi connectivity index (χ1v) is 7.18. The van der Waals surface area contributed by atoms with Crippen molar-refractivity contribution in [3.63, 3.8) is 0 Å². The van der Waals surface area contributed by atoms with E-state index in [9.17, 15) is 10.4 Å². The lowest BCUT2D eigenvalue weighted by atomic mass is 10.1. The molecule has 0 spiro atoms. The lowest BCUT2D eigenvalue weighted by Crippen LogP contribution is -2.16. The molecule has 0 saturated heterocycles. The SMILES string of the molecule is CSc1nc2ccccc2c(NCC(C)O)c1C#N. The van der Waals surface area contributed by atoms with E-state index in [4.69, 9.17) is 0 Å². The second-order valence-electron chi connectivity index (χ2n) is 4.23. The number of pyridine rings is 1. The van der Waals surface area contributed by atoms with E-state index in [1.165, 1.54) is 11.8 Å². The van der Waals surface area contributed by atoms with Crippen LogP contribution in [-0.4, -0.2) is 29.0 Å². The lowest BCUT2D eigenvalue weighted by Gasteiger charge is -2.14. The van der Waals surface area contributed by atoms with Crippen molar-refractivity contribution in [3.05, 3.63) is 29.8 Å². The molecule has 0 aliphatic rings. The highest BCUT2D eigenvalue weighted by atomic mass is 32.2. The van der Waals surface area contributed by atoms with Crippen LogP contribution in [0.1, 0.15) is 12.5 Å². The number of thioether (sulfide) groups is 1. The maximum absolute atomic E-state index is 9.41. The van der Waals surface area contributed by atoms with Crippen LogP contribution in [0.3, 0.4) is 0 Å². The summed E-state index contributed by atoms with van der Waals surface area (Å²) in [6.07, 6.45) is 1.42. The summed E-state index contributed by atoms with van der Waals surface area (Å²) in [5.74, 6) is 0. The second kappa shape index (κ2) is 5.91. The Bertz CT molecular complexity index is 634. The predicted octanol–water partition coefficient (Wildman–Crippen LogP) is 2.62. The van der Waals surface area contributed by atoms with Crippen LogP contribution in [0.2, 0.25) is 0 Å². The average molecular weight is 273 g/mol. The molecule has 98 valence electrons. The number of nitrogens with one attached hydrogen (secondary N) is 1. The van der Waals surface area contributed by atoms with E-state index in [1.54, 1.807) is 6.92 Å². The summed E-state index contributed by atoms with van der Waals surface area (Å²) < 4.78 is 0. The topological polar surface area (TPSA) is 68.9 Å². The minimum absolute atomic E-state index is 0.399. The molecule has 0 bridgehead atoms. The number of nitrogens with zero attached hydrogens (tertiary/aromatic N) is 2. The van der Waals surface area contributed by atoms with Gasteiger partial charge in [-0.3, -0.25) is 0 Å². The van der Waals surface area contributed by atoms with Gasteiger partial charge in [-0.1, -0.05) is 18.2 Å². The molecule has 0 fully saturated rings. The maximum Gasteiger partial charge on any atom is 0.116 e. The van der Waals surface area contributed by atoms with Crippen molar-refractivity contribution in [1.82, 2.24) is 4.98 Å². The zero-order valence-corrected chi connectivity index (χ0v) is 11.7. The van der Waals surface area contributed by atoms with E-state index in [1.807, 2.05) is 30.5 Å². The highest BCUT2D eigenvalue weighted by Crippen LogP contribution is 2.31. The number of anilines is 1. The van der Waals surface area contributed by atoms with E-state index in [-0.39, 0.29) is 0 Å². The lowest BCUT2D eigenvalue weighted by molar-refractivity contribution is 0.208. The first-order chi connectivity index (χ1) is 9.17. The first-order valence-electron chi connectivity index (χ1n) is 5.96. The summed E-state index contributed by atoms with van der Waals surface area (Å²) in [6.45, 7) is 2.11. The number of aromatic nitrogens is 1. The number of fused-ring (bicyclic) bond motifs is 1. The van der Waals surface area contributed by atoms with Gasteiger partial charge in [0.25, 0.3) is 0 Å². The van der Waals surface area contributed by atoms with Crippen LogP contribution in [0.5, 0.6) is 0 Å². The molecule has 0 aliphatic carbocycles. The van der Waals surface area contributed by atoms with Gasteiger partial charge in [0.15, 0.2) is 0 Å². The molecule has 5 heteroatoms. The number of para-hydroxylation sites is 1. The van der Waals surface area contributed by atoms with E-state index in [0.29, 0.717) is 17.1 Å². The van der Waals surface area contributed by atoms with E-state index in [0.717, 1.165) is 16.6 Å². The Hall–Kier alpha value is -1.77. The second-order valence-corrected chi connectivity index (χ2v) is 5.02. The summed E-state index contributed by atoms with van der Waals surface area (Å²) in [6, 6.07) is 9.89. The van der Waals surface area contributed by atoms with Gasteiger partial charge < -0.3 is 10.4 Å². The summed E-state index contributed by atoms with van der Waals surface area (Å²) >= 11 is 1.45. The van der Waals surface area contributed by atoms with Crippen molar-refractivity contribution in [2.75, 3.05) is 18.1 Å². The van der Waals surface area contributed by atoms with E-state index in [2.05, 4.69) is 16.4 Å². The van der Waals surface area contributed by atoms with Crippen molar-refractivity contribution in [1.29, 1.82) is 5.26 Å². The average Bonchev–Trinajstić information content (AvgIpc) is 2.43. The molecule has 1 aromatic heterocycles. The Labute approximate surface area is 116 Å². The fourth-order valence-corrected chi connectivity index (χ4v) is 2.42. The standard InChI is InChI=1S/C14H15N3OS/c1-9(18)8-16-13-10-5-3-4-6-12(10)17-14(19-2)11(13)7-15/h3-6,9,18H,8H2,1-2H3,(H,16,17). The van der Waals surface area contributed by atoms with Crippen LogP contribution in [0.4, 0.5) is 5.69 Å². The van der Waals surface area contributed by atoms with Crippen LogP contribution >= 0.6 is 11.8 Å². The number of aliphatic hydroxyl groups is 1. The van der Waals surface area contributed by atoms with Crippen molar-refractivity contribution in [2.45, 2.75) is 18.1 Å². The summed E-state index contributed by atoms with van der Waals surface area (Å²) in [7, 11) is 0. The van der Waals surface area contributed by atoms with Crippen molar-refractivity contribution >= 4 is 28.4 Å². The predicted molar refractivity (Wildman–Crippen MR) is 78.4 cm³/mol. The van der Waals surface area contributed by atoms with Gasteiger partial charge in [0.05, 0.1) is 17.3 Å². The van der Waals surface area contributed by atoms with E-state index < -0.39 is 6.10 Å². The van der Waals surface area contributed by atoms with Crippen LogP contribution in [0.15, 0.2) is 29.3 Å². The molecule has 2 N–H and O–H groups in total.